The van der Waals surface area contributed by atoms with E-state index in [1.807, 2.05) is 18.4 Å². The van der Waals surface area contributed by atoms with Crippen molar-refractivity contribution in [3.05, 3.63) is 40.1 Å². The highest BCUT2D eigenvalue weighted by Crippen LogP contribution is 2.29. The van der Waals surface area contributed by atoms with Crippen LogP contribution in [0.15, 0.2) is 34.5 Å². The number of carbonyl (C=O) groups is 1. The summed E-state index contributed by atoms with van der Waals surface area (Å²) in [5.74, 6) is 0.0428. The molecule has 1 aromatic carbocycles. The van der Waals surface area contributed by atoms with E-state index in [0.29, 0.717) is 18.0 Å². The maximum atomic E-state index is 12.8. The highest BCUT2D eigenvalue weighted by Gasteiger charge is 2.23. The standard InChI is InChI=1S/C16H20N2O4S2/c1-11-7-8-23-16(11)10-18(3)24(20,21)13-5-6-14(17-12(2)19)15(9-13)22-4/h5-9H,10H2,1-4H3,(H,17,19). The Morgan fingerprint density at radius 2 is 2.04 bits per heavy atom. The van der Waals surface area contributed by atoms with Gasteiger partial charge in [-0.15, -0.1) is 11.3 Å². The number of sulfonamides is 1. The molecule has 0 aliphatic rings. The van der Waals surface area contributed by atoms with Crippen LogP contribution in [0.5, 0.6) is 5.75 Å². The number of thiophene rings is 1. The Labute approximate surface area is 146 Å². The second kappa shape index (κ2) is 7.33. The van der Waals surface area contributed by atoms with E-state index in [0.717, 1.165) is 10.4 Å². The van der Waals surface area contributed by atoms with Crippen molar-refractivity contribution in [1.29, 1.82) is 0 Å². The minimum absolute atomic E-state index is 0.116. The van der Waals surface area contributed by atoms with E-state index < -0.39 is 10.0 Å². The number of anilines is 1. The molecule has 0 fully saturated rings. The van der Waals surface area contributed by atoms with Crippen molar-refractivity contribution in [2.45, 2.75) is 25.3 Å². The van der Waals surface area contributed by atoms with E-state index in [4.69, 9.17) is 4.74 Å². The van der Waals surface area contributed by atoms with Gasteiger partial charge in [-0.05, 0) is 36.1 Å². The maximum absolute atomic E-state index is 12.8. The lowest BCUT2D eigenvalue weighted by Gasteiger charge is -2.18. The SMILES string of the molecule is COc1cc(S(=O)(=O)N(C)Cc2sccc2C)ccc1NC(C)=O. The van der Waals surface area contributed by atoms with Gasteiger partial charge in [0.05, 0.1) is 17.7 Å². The molecule has 0 aliphatic heterocycles. The van der Waals surface area contributed by atoms with Crippen LogP contribution >= 0.6 is 11.3 Å². The molecule has 1 amide bonds. The van der Waals surface area contributed by atoms with Gasteiger partial charge in [0.1, 0.15) is 5.75 Å². The monoisotopic (exact) mass is 368 g/mol. The molecule has 1 aromatic heterocycles. The molecule has 8 heteroatoms. The molecule has 1 heterocycles. The van der Waals surface area contributed by atoms with Crippen molar-refractivity contribution in [2.75, 3.05) is 19.5 Å². The number of carbonyl (C=O) groups excluding carboxylic acids is 1. The average molecular weight is 368 g/mol. The van der Waals surface area contributed by atoms with Crippen molar-refractivity contribution >= 4 is 33.0 Å². The van der Waals surface area contributed by atoms with Crippen LogP contribution in [0.3, 0.4) is 0 Å². The molecule has 0 spiro atoms. The predicted molar refractivity (Wildman–Crippen MR) is 95.0 cm³/mol. The van der Waals surface area contributed by atoms with Gasteiger partial charge in [-0.1, -0.05) is 0 Å². The van der Waals surface area contributed by atoms with E-state index in [-0.39, 0.29) is 10.8 Å². The number of hydrogen-bond donors (Lipinski definition) is 1. The van der Waals surface area contributed by atoms with E-state index >= 15 is 0 Å². The van der Waals surface area contributed by atoms with Gasteiger partial charge >= 0.3 is 0 Å². The molecule has 0 saturated carbocycles. The van der Waals surface area contributed by atoms with Crippen LogP contribution in [0.25, 0.3) is 0 Å². The number of rotatable bonds is 6. The fraction of sp³-hybridized carbons (Fsp3) is 0.312. The van der Waals surface area contributed by atoms with E-state index in [2.05, 4.69) is 5.32 Å². The molecule has 0 radical (unpaired) electrons. The smallest absolute Gasteiger partial charge is 0.243 e. The van der Waals surface area contributed by atoms with Crippen LogP contribution in [-0.4, -0.2) is 32.8 Å². The van der Waals surface area contributed by atoms with Crippen LogP contribution in [0.4, 0.5) is 5.69 Å². The lowest BCUT2D eigenvalue weighted by molar-refractivity contribution is -0.114. The first-order valence-electron chi connectivity index (χ1n) is 7.20. The zero-order valence-electron chi connectivity index (χ0n) is 14.0. The lowest BCUT2D eigenvalue weighted by atomic mass is 10.3. The number of ether oxygens (including phenoxy) is 1. The molecule has 0 aliphatic carbocycles. The Balaban J connectivity index is 2.31. The number of hydrogen-bond acceptors (Lipinski definition) is 5. The Hall–Kier alpha value is -1.90. The fourth-order valence-electron chi connectivity index (χ4n) is 2.16. The highest BCUT2D eigenvalue weighted by atomic mass is 32.2. The van der Waals surface area contributed by atoms with Crippen molar-refractivity contribution in [3.8, 4) is 5.75 Å². The molecule has 0 atom stereocenters. The number of aryl methyl sites for hydroxylation is 1. The summed E-state index contributed by atoms with van der Waals surface area (Å²) in [6.07, 6.45) is 0. The zero-order valence-corrected chi connectivity index (χ0v) is 15.6. The molecule has 0 bridgehead atoms. The quantitative estimate of drug-likeness (QED) is 0.851. The van der Waals surface area contributed by atoms with Crippen molar-refractivity contribution in [3.63, 3.8) is 0 Å². The van der Waals surface area contributed by atoms with Crippen molar-refractivity contribution < 1.29 is 17.9 Å². The van der Waals surface area contributed by atoms with Crippen LogP contribution in [0, 0.1) is 6.92 Å². The topological polar surface area (TPSA) is 75.7 Å². The van der Waals surface area contributed by atoms with Crippen molar-refractivity contribution in [2.24, 2.45) is 0 Å². The number of amides is 1. The third-order valence-corrected chi connectivity index (χ3v) is 6.33. The number of nitrogens with zero attached hydrogens (tertiary/aromatic N) is 1. The Morgan fingerprint density at radius 3 is 2.58 bits per heavy atom. The van der Waals surface area contributed by atoms with Crippen LogP contribution < -0.4 is 10.1 Å². The number of benzene rings is 1. The summed E-state index contributed by atoms with van der Waals surface area (Å²) < 4.78 is 32.0. The fourth-order valence-corrected chi connectivity index (χ4v) is 4.35. The third kappa shape index (κ3) is 3.95. The molecule has 6 nitrogen and oxygen atoms in total. The van der Waals surface area contributed by atoms with Gasteiger partial charge in [0.2, 0.25) is 15.9 Å². The van der Waals surface area contributed by atoms with Gasteiger partial charge in [0.15, 0.2) is 0 Å². The first kappa shape index (κ1) is 18.4. The second-order valence-corrected chi connectivity index (χ2v) is 8.38. The summed E-state index contributed by atoms with van der Waals surface area (Å²) in [6.45, 7) is 3.64. The van der Waals surface area contributed by atoms with Gasteiger partial charge in [0, 0.05) is 31.5 Å². The molecular formula is C16H20N2O4S2. The third-order valence-electron chi connectivity index (χ3n) is 3.53. The summed E-state index contributed by atoms with van der Waals surface area (Å²) >= 11 is 1.53. The van der Waals surface area contributed by atoms with Gasteiger partial charge in [-0.25, -0.2) is 8.42 Å². The van der Waals surface area contributed by atoms with E-state index in [9.17, 15) is 13.2 Å². The van der Waals surface area contributed by atoms with E-state index in [1.165, 1.54) is 47.9 Å². The summed E-state index contributed by atoms with van der Waals surface area (Å²) in [5.41, 5.74) is 1.50. The lowest BCUT2D eigenvalue weighted by Crippen LogP contribution is -2.26. The van der Waals surface area contributed by atoms with Crippen molar-refractivity contribution in [1.82, 2.24) is 4.31 Å². The minimum Gasteiger partial charge on any atom is -0.495 e. The summed E-state index contributed by atoms with van der Waals surface area (Å²) in [4.78, 5) is 12.3. The normalized spacial score (nSPS) is 11.5. The first-order chi connectivity index (χ1) is 11.3. The Morgan fingerprint density at radius 1 is 1.33 bits per heavy atom. The summed E-state index contributed by atoms with van der Waals surface area (Å²) in [5, 5.41) is 4.55. The Bertz CT molecular complexity index is 844. The van der Waals surface area contributed by atoms with Crippen LogP contribution in [0.1, 0.15) is 17.4 Å². The summed E-state index contributed by atoms with van der Waals surface area (Å²) in [6, 6.07) is 6.36. The average Bonchev–Trinajstić information content (AvgIpc) is 2.92. The molecular weight excluding hydrogens is 348 g/mol. The van der Waals surface area contributed by atoms with Gasteiger partial charge in [-0.2, -0.15) is 4.31 Å². The van der Waals surface area contributed by atoms with Gasteiger partial charge in [-0.3, -0.25) is 4.79 Å². The second-order valence-electron chi connectivity index (χ2n) is 5.33. The number of nitrogens with one attached hydrogen (secondary N) is 1. The molecule has 24 heavy (non-hydrogen) atoms. The largest absolute Gasteiger partial charge is 0.495 e. The molecule has 0 unspecified atom stereocenters. The predicted octanol–water partition coefficient (Wildman–Crippen LogP) is 2.84. The summed E-state index contributed by atoms with van der Waals surface area (Å²) in [7, 11) is -0.692. The minimum atomic E-state index is -3.66. The van der Waals surface area contributed by atoms with E-state index in [1.54, 1.807) is 7.05 Å². The number of methoxy groups -OCH3 is 1. The molecule has 0 saturated heterocycles. The van der Waals surface area contributed by atoms with Gasteiger partial charge in [0.25, 0.3) is 0 Å². The maximum Gasteiger partial charge on any atom is 0.243 e. The van der Waals surface area contributed by atoms with Crippen LogP contribution in [0.2, 0.25) is 0 Å². The molecule has 130 valence electrons. The van der Waals surface area contributed by atoms with Gasteiger partial charge < -0.3 is 10.1 Å². The molecule has 2 aromatic rings. The molecule has 1 N–H and O–H groups in total. The zero-order chi connectivity index (χ0) is 17.9. The Kier molecular flexibility index (Phi) is 5.63. The van der Waals surface area contributed by atoms with Crippen LogP contribution in [-0.2, 0) is 21.4 Å². The molecule has 2 rings (SSSR count). The highest BCUT2D eigenvalue weighted by molar-refractivity contribution is 7.89. The first-order valence-corrected chi connectivity index (χ1v) is 9.52.